The molecule has 5 nitrogen and oxygen atoms in total. The molecule has 3 rings (SSSR count). The second-order valence-corrected chi connectivity index (χ2v) is 6.17. The first kappa shape index (κ1) is 18.8. The Morgan fingerprint density at radius 2 is 1.63 bits per heavy atom. The van der Waals surface area contributed by atoms with Gasteiger partial charge in [-0.2, -0.15) is 4.98 Å². The molecule has 0 saturated heterocycles. The summed E-state index contributed by atoms with van der Waals surface area (Å²) in [6, 6.07) is 4.78. The van der Waals surface area contributed by atoms with Gasteiger partial charge in [0.25, 0.3) is 0 Å². The summed E-state index contributed by atoms with van der Waals surface area (Å²) in [4.78, 5) is 32.9. The van der Waals surface area contributed by atoms with Crippen LogP contribution in [-0.2, 0) is 0 Å². The van der Waals surface area contributed by atoms with E-state index in [4.69, 9.17) is 4.42 Å². The maximum Gasteiger partial charge on any atom is 0.234 e. The summed E-state index contributed by atoms with van der Waals surface area (Å²) in [6.45, 7) is 3.70. The van der Waals surface area contributed by atoms with Crippen molar-refractivity contribution in [2.75, 3.05) is 0 Å². The Hall–Kier alpha value is -2.96. The number of hydrogen-bond acceptors (Lipinski definition) is 5. The number of hydrogen-bond donors (Lipinski definition) is 0. The van der Waals surface area contributed by atoms with Gasteiger partial charge in [-0.25, -0.2) is 13.8 Å². The van der Waals surface area contributed by atoms with Gasteiger partial charge in [-0.15, -0.1) is 0 Å². The van der Waals surface area contributed by atoms with Crippen LogP contribution < -0.4 is 0 Å². The normalized spacial score (nSPS) is 11.1. The number of halogens is 2. The minimum atomic E-state index is -0.842. The van der Waals surface area contributed by atoms with Crippen molar-refractivity contribution in [1.29, 1.82) is 0 Å². The molecule has 0 radical (unpaired) electrons. The largest absolute Gasteiger partial charge is 0.433 e. The van der Waals surface area contributed by atoms with E-state index in [0.717, 1.165) is 12.1 Å². The molecule has 3 aromatic rings. The number of Topliss-reactive ketones (excluding diaryl/α,β-unsaturated/α-hetero) is 2. The molecule has 0 saturated carbocycles. The highest BCUT2D eigenvalue weighted by Gasteiger charge is 2.23. The Morgan fingerprint density at radius 3 is 2.26 bits per heavy atom. The van der Waals surface area contributed by atoms with Gasteiger partial charge in [0.15, 0.2) is 17.1 Å². The predicted molar refractivity (Wildman–Crippen MR) is 95.6 cm³/mol. The Balaban J connectivity index is 2.23. The number of carbonyl (C=O) groups is 2. The number of pyridine rings is 1. The molecule has 140 valence electrons. The summed E-state index contributed by atoms with van der Waals surface area (Å²) in [7, 11) is 0. The Kier molecular flexibility index (Phi) is 5.39. The van der Waals surface area contributed by atoms with Crippen LogP contribution in [0, 0.1) is 11.6 Å². The van der Waals surface area contributed by atoms with Crippen molar-refractivity contribution in [2.45, 2.75) is 39.5 Å². The van der Waals surface area contributed by atoms with Gasteiger partial charge in [-0.3, -0.25) is 9.59 Å². The SMILES string of the molecule is CCCC(=O)c1cc(C(=O)CCC)c2oc(-c3c(F)cccc3F)nc2n1. The van der Waals surface area contributed by atoms with Crippen LogP contribution in [0.5, 0.6) is 0 Å². The summed E-state index contributed by atoms with van der Waals surface area (Å²) in [6.07, 6.45) is 1.74. The molecule has 0 spiro atoms. The zero-order chi connectivity index (χ0) is 19.6. The minimum absolute atomic E-state index is 0.0194. The monoisotopic (exact) mass is 372 g/mol. The van der Waals surface area contributed by atoms with Crippen LogP contribution in [0.15, 0.2) is 28.7 Å². The molecule has 27 heavy (non-hydrogen) atoms. The third kappa shape index (κ3) is 3.63. The predicted octanol–water partition coefficient (Wildman–Crippen LogP) is 5.13. The Morgan fingerprint density at radius 1 is 1.00 bits per heavy atom. The van der Waals surface area contributed by atoms with E-state index < -0.39 is 17.2 Å². The number of carbonyl (C=O) groups excluding carboxylic acids is 2. The van der Waals surface area contributed by atoms with Crippen LogP contribution in [-0.4, -0.2) is 21.5 Å². The fourth-order valence-corrected chi connectivity index (χ4v) is 2.79. The standard InChI is InChI=1S/C20H18F2N2O3/c1-3-6-15(25)11-10-14(16(26)7-4-2)23-19-18(11)27-20(24-19)17-12(21)8-5-9-13(17)22/h5,8-10H,3-4,6-7H2,1-2H3. The van der Waals surface area contributed by atoms with E-state index in [0.29, 0.717) is 12.8 Å². The van der Waals surface area contributed by atoms with E-state index in [1.54, 1.807) is 0 Å². The summed E-state index contributed by atoms with van der Waals surface area (Å²) >= 11 is 0. The minimum Gasteiger partial charge on any atom is -0.433 e. The average molecular weight is 372 g/mol. The number of aromatic nitrogens is 2. The second-order valence-electron chi connectivity index (χ2n) is 6.17. The van der Waals surface area contributed by atoms with Gasteiger partial charge >= 0.3 is 0 Å². The summed E-state index contributed by atoms with van der Waals surface area (Å²) in [5.41, 5.74) is -0.187. The highest BCUT2D eigenvalue weighted by atomic mass is 19.1. The molecule has 0 fully saturated rings. The van der Waals surface area contributed by atoms with Crippen LogP contribution >= 0.6 is 0 Å². The quantitative estimate of drug-likeness (QED) is 0.537. The first-order chi connectivity index (χ1) is 13.0. The van der Waals surface area contributed by atoms with E-state index in [9.17, 15) is 18.4 Å². The molecule has 0 aliphatic carbocycles. The van der Waals surface area contributed by atoms with Crippen molar-refractivity contribution in [3.8, 4) is 11.5 Å². The molecule has 7 heteroatoms. The summed E-state index contributed by atoms with van der Waals surface area (Å²) in [5.74, 6) is -2.48. The van der Waals surface area contributed by atoms with Gasteiger partial charge in [-0.05, 0) is 31.0 Å². The number of nitrogens with zero attached hydrogens (tertiary/aromatic N) is 2. The molecular formula is C20H18F2N2O3. The van der Waals surface area contributed by atoms with Crippen molar-refractivity contribution in [3.05, 3.63) is 47.2 Å². The Bertz CT molecular complexity index is 1010. The lowest BCUT2D eigenvalue weighted by atomic mass is 10.0. The maximum absolute atomic E-state index is 14.1. The molecule has 0 N–H and O–H groups in total. The van der Waals surface area contributed by atoms with E-state index in [1.807, 2.05) is 13.8 Å². The molecule has 0 atom stereocenters. The third-order valence-electron chi connectivity index (χ3n) is 4.08. The van der Waals surface area contributed by atoms with Gasteiger partial charge in [0.2, 0.25) is 11.5 Å². The van der Waals surface area contributed by atoms with E-state index >= 15 is 0 Å². The molecule has 0 aliphatic rings. The number of benzene rings is 1. The van der Waals surface area contributed by atoms with Crippen LogP contribution in [0.4, 0.5) is 8.78 Å². The first-order valence-electron chi connectivity index (χ1n) is 8.78. The van der Waals surface area contributed by atoms with Crippen molar-refractivity contribution >= 4 is 22.8 Å². The molecule has 0 unspecified atom stereocenters. The van der Waals surface area contributed by atoms with Gasteiger partial charge in [0, 0.05) is 12.8 Å². The van der Waals surface area contributed by atoms with Crippen molar-refractivity contribution < 1.29 is 22.8 Å². The summed E-state index contributed by atoms with van der Waals surface area (Å²) in [5, 5.41) is 0. The van der Waals surface area contributed by atoms with Crippen molar-refractivity contribution in [3.63, 3.8) is 0 Å². The Labute approximate surface area is 154 Å². The van der Waals surface area contributed by atoms with Gasteiger partial charge < -0.3 is 4.42 Å². The van der Waals surface area contributed by atoms with Crippen LogP contribution in [0.3, 0.4) is 0 Å². The smallest absolute Gasteiger partial charge is 0.234 e. The average Bonchev–Trinajstić information content (AvgIpc) is 3.04. The number of fused-ring (bicyclic) bond motifs is 1. The molecule has 2 aromatic heterocycles. The van der Waals surface area contributed by atoms with Crippen LogP contribution in [0.25, 0.3) is 22.7 Å². The molecule has 0 bridgehead atoms. The summed E-state index contributed by atoms with van der Waals surface area (Å²) < 4.78 is 33.7. The van der Waals surface area contributed by atoms with Gasteiger partial charge in [0.1, 0.15) is 22.9 Å². The maximum atomic E-state index is 14.1. The van der Waals surface area contributed by atoms with Crippen LogP contribution in [0.1, 0.15) is 60.4 Å². The fourth-order valence-electron chi connectivity index (χ4n) is 2.79. The first-order valence-corrected chi connectivity index (χ1v) is 8.78. The zero-order valence-corrected chi connectivity index (χ0v) is 15.0. The fraction of sp³-hybridized carbons (Fsp3) is 0.300. The van der Waals surface area contributed by atoms with Gasteiger partial charge in [0.05, 0.1) is 5.56 Å². The van der Waals surface area contributed by atoms with Crippen molar-refractivity contribution in [2.24, 2.45) is 0 Å². The highest BCUT2D eigenvalue weighted by molar-refractivity contribution is 6.07. The lowest BCUT2D eigenvalue weighted by molar-refractivity contribution is 0.0977. The number of rotatable bonds is 7. The molecule has 1 aromatic carbocycles. The van der Waals surface area contributed by atoms with Crippen LogP contribution in [0.2, 0.25) is 0 Å². The zero-order valence-electron chi connectivity index (χ0n) is 15.0. The molecule has 0 aliphatic heterocycles. The second kappa shape index (κ2) is 7.73. The molecular weight excluding hydrogens is 354 g/mol. The van der Waals surface area contributed by atoms with E-state index in [2.05, 4.69) is 9.97 Å². The molecule has 2 heterocycles. The van der Waals surface area contributed by atoms with E-state index in [1.165, 1.54) is 12.1 Å². The lowest BCUT2D eigenvalue weighted by Crippen LogP contribution is -2.07. The highest BCUT2D eigenvalue weighted by Crippen LogP contribution is 2.30. The van der Waals surface area contributed by atoms with E-state index in [-0.39, 0.29) is 52.8 Å². The van der Waals surface area contributed by atoms with Gasteiger partial charge in [-0.1, -0.05) is 19.9 Å². The lowest BCUT2D eigenvalue weighted by Gasteiger charge is -2.03. The number of ketones is 2. The molecule has 0 amide bonds. The topological polar surface area (TPSA) is 73.1 Å². The number of oxazole rings is 1. The third-order valence-corrected chi connectivity index (χ3v) is 4.08. The van der Waals surface area contributed by atoms with Crippen molar-refractivity contribution in [1.82, 2.24) is 9.97 Å².